The van der Waals surface area contributed by atoms with E-state index in [-0.39, 0.29) is 28.5 Å². The Hall–Kier alpha value is -3.14. The molecule has 1 aromatic heterocycles. The van der Waals surface area contributed by atoms with Crippen LogP contribution in [0.4, 0.5) is 0 Å². The molecule has 2 aromatic carbocycles. The fraction of sp³-hybridized carbons (Fsp3) is 0.217. The van der Waals surface area contributed by atoms with E-state index in [1.165, 1.54) is 19.2 Å². The molecular weight excluding hydrogens is 468 g/mol. The molecule has 10 heteroatoms. The van der Waals surface area contributed by atoms with Crippen LogP contribution in [0, 0.1) is 13.8 Å². The van der Waals surface area contributed by atoms with Crippen molar-refractivity contribution < 1.29 is 27.5 Å². The van der Waals surface area contributed by atoms with Gasteiger partial charge in [-0.25, -0.2) is 17.9 Å². The lowest BCUT2D eigenvalue weighted by molar-refractivity contribution is 0.0474. The van der Waals surface area contributed by atoms with E-state index in [4.69, 9.17) is 21.1 Å². The maximum atomic E-state index is 12.9. The molecule has 2 N–H and O–H groups in total. The van der Waals surface area contributed by atoms with E-state index in [0.717, 1.165) is 11.8 Å². The summed E-state index contributed by atoms with van der Waals surface area (Å²) >= 11 is 5.85. The summed E-state index contributed by atoms with van der Waals surface area (Å²) in [6.07, 6.45) is 0. The number of esters is 1. The molecule has 0 atom stereocenters. The smallest absolute Gasteiger partial charge is 0.338 e. The zero-order valence-electron chi connectivity index (χ0n) is 18.3. The summed E-state index contributed by atoms with van der Waals surface area (Å²) in [5, 5.41) is 0.537. The second-order valence-electron chi connectivity index (χ2n) is 7.31. The molecule has 0 bridgehead atoms. The SMILES string of the molecule is COc1ccc(C(=O)OCC(=O)c2cc(C)[nH]c2C)cc1S(=O)(=O)NCc1ccc(Cl)cc1. The van der Waals surface area contributed by atoms with Crippen molar-refractivity contribution >= 4 is 33.4 Å². The molecule has 0 aliphatic rings. The van der Waals surface area contributed by atoms with E-state index in [1.807, 2.05) is 6.92 Å². The van der Waals surface area contributed by atoms with Crippen LogP contribution >= 0.6 is 11.6 Å². The number of methoxy groups -OCH3 is 1. The monoisotopic (exact) mass is 490 g/mol. The number of ether oxygens (including phenoxy) is 2. The van der Waals surface area contributed by atoms with Crippen molar-refractivity contribution in [2.75, 3.05) is 13.7 Å². The first-order valence-electron chi connectivity index (χ1n) is 9.89. The molecule has 0 unspecified atom stereocenters. The number of rotatable bonds is 9. The second kappa shape index (κ2) is 10.2. The summed E-state index contributed by atoms with van der Waals surface area (Å²) in [5.74, 6) is -1.13. The number of hydrogen-bond acceptors (Lipinski definition) is 6. The van der Waals surface area contributed by atoms with Crippen molar-refractivity contribution in [3.8, 4) is 5.75 Å². The highest BCUT2D eigenvalue weighted by Gasteiger charge is 2.23. The first-order chi connectivity index (χ1) is 15.6. The highest BCUT2D eigenvalue weighted by atomic mass is 35.5. The molecule has 3 aromatic rings. The van der Waals surface area contributed by atoms with E-state index in [1.54, 1.807) is 37.3 Å². The van der Waals surface area contributed by atoms with Crippen LogP contribution in [-0.2, 0) is 21.3 Å². The number of carbonyl (C=O) groups excluding carboxylic acids is 2. The van der Waals surface area contributed by atoms with E-state index in [0.29, 0.717) is 21.8 Å². The van der Waals surface area contributed by atoms with Crippen LogP contribution in [-0.4, -0.2) is 38.9 Å². The summed E-state index contributed by atoms with van der Waals surface area (Å²) in [7, 11) is -2.71. The third kappa shape index (κ3) is 6.01. The Morgan fingerprint density at radius 3 is 2.36 bits per heavy atom. The van der Waals surface area contributed by atoms with Gasteiger partial charge in [0.05, 0.1) is 12.7 Å². The fourth-order valence-electron chi connectivity index (χ4n) is 3.18. The lowest BCUT2D eigenvalue weighted by atomic mass is 10.1. The maximum Gasteiger partial charge on any atom is 0.338 e. The minimum absolute atomic E-state index is 0.0151. The molecule has 0 amide bonds. The Labute approximate surface area is 196 Å². The Balaban J connectivity index is 1.74. The van der Waals surface area contributed by atoms with Crippen LogP contribution in [0.1, 0.15) is 37.7 Å². The topological polar surface area (TPSA) is 115 Å². The van der Waals surface area contributed by atoms with Crippen molar-refractivity contribution in [3.05, 3.63) is 81.6 Å². The first kappa shape index (κ1) is 24.5. The van der Waals surface area contributed by atoms with Gasteiger partial charge in [0.2, 0.25) is 15.8 Å². The standard InChI is InChI=1S/C23H23ClN2O6S/c1-14-10-19(15(2)26-14)20(27)13-32-23(28)17-6-9-21(31-3)22(11-17)33(29,30)25-12-16-4-7-18(24)8-5-16/h4-11,25-26H,12-13H2,1-3H3. The van der Waals surface area contributed by atoms with Crippen LogP contribution in [0.5, 0.6) is 5.75 Å². The Morgan fingerprint density at radius 2 is 1.76 bits per heavy atom. The van der Waals surface area contributed by atoms with Crippen molar-refractivity contribution in [3.63, 3.8) is 0 Å². The highest BCUT2D eigenvalue weighted by molar-refractivity contribution is 7.89. The Kier molecular flexibility index (Phi) is 7.57. The second-order valence-corrected chi connectivity index (χ2v) is 9.48. The van der Waals surface area contributed by atoms with Gasteiger partial charge in [0.1, 0.15) is 10.6 Å². The summed E-state index contributed by atoms with van der Waals surface area (Å²) in [4.78, 5) is 27.7. The number of H-pyrrole nitrogens is 1. The predicted octanol–water partition coefficient (Wildman–Crippen LogP) is 3.81. The molecule has 3 rings (SSSR count). The molecule has 0 saturated heterocycles. The Bertz CT molecular complexity index is 1280. The number of halogens is 1. The number of benzene rings is 2. The van der Waals surface area contributed by atoms with Crippen molar-refractivity contribution in [1.29, 1.82) is 0 Å². The zero-order chi connectivity index (χ0) is 24.2. The minimum atomic E-state index is -4.03. The van der Waals surface area contributed by atoms with Gasteiger partial charge in [-0.3, -0.25) is 4.79 Å². The Morgan fingerprint density at radius 1 is 1.06 bits per heavy atom. The lowest BCUT2D eigenvalue weighted by Gasteiger charge is -2.12. The number of aromatic nitrogens is 1. The minimum Gasteiger partial charge on any atom is -0.495 e. The number of hydrogen-bond donors (Lipinski definition) is 2. The zero-order valence-corrected chi connectivity index (χ0v) is 19.8. The molecule has 0 saturated carbocycles. The quantitative estimate of drug-likeness (QED) is 0.348. The predicted molar refractivity (Wildman–Crippen MR) is 123 cm³/mol. The molecule has 0 aliphatic heterocycles. The van der Waals surface area contributed by atoms with E-state index >= 15 is 0 Å². The van der Waals surface area contributed by atoms with Gasteiger partial charge in [-0.15, -0.1) is 0 Å². The fourth-order valence-corrected chi connectivity index (χ4v) is 4.51. The van der Waals surface area contributed by atoms with Crippen molar-refractivity contribution in [2.24, 2.45) is 0 Å². The van der Waals surface area contributed by atoms with Gasteiger partial charge in [0.15, 0.2) is 6.61 Å². The summed E-state index contributed by atoms with van der Waals surface area (Å²) in [6.45, 7) is 3.11. The summed E-state index contributed by atoms with van der Waals surface area (Å²) < 4.78 is 38.5. The number of nitrogens with one attached hydrogen (secondary N) is 2. The van der Waals surface area contributed by atoms with Crippen molar-refractivity contribution in [1.82, 2.24) is 9.71 Å². The average molecular weight is 491 g/mol. The normalized spacial score (nSPS) is 11.3. The van der Waals surface area contributed by atoms with Gasteiger partial charge in [0, 0.05) is 28.5 Å². The van der Waals surface area contributed by atoms with E-state index in [2.05, 4.69) is 9.71 Å². The largest absolute Gasteiger partial charge is 0.495 e. The molecule has 8 nitrogen and oxygen atoms in total. The summed E-state index contributed by atoms with van der Waals surface area (Å²) in [6, 6.07) is 12.3. The van der Waals surface area contributed by atoms with Gasteiger partial charge in [0.25, 0.3) is 0 Å². The molecule has 0 aliphatic carbocycles. The number of aromatic amines is 1. The van der Waals surface area contributed by atoms with Gasteiger partial charge >= 0.3 is 5.97 Å². The number of carbonyl (C=O) groups is 2. The van der Waals surface area contributed by atoms with Crippen LogP contribution in [0.2, 0.25) is 5.02 Å². The third-order valence-electron chi connectivity index (χ3n) is 4.85. The van der Waals surface area contributed by atoms with E-state index in [9.17, 15) is 18.0 Å². The number of aryl methyl sites for hydroxylation is 2. The number of ketones is 1. The van der Waals surface area contributed by atoms with Gasteiger partial charge in [-0.2, -0.15) is 0 Å². The number of sulfonamides is 1. The lowest BCUT2D eigenvalue weighted by Crippen LogP contribution is -2.24. The van der Waals surface area contributed by atoms with Gasteiger partial charge in [-0.1, -0.05) is 23.7 Å². The van der Waals surface area contributed by atoms with E-state index < -0.39 is 22.6 Å². The average Bonchev–Trinajstić information content (AvgIpc) is 3.14. The molecule has 0 spiro atoms. The molecule has 174 valence electrons. The van der Waals surface area contributed by atoms with Crippen LogP contribution in [0.3, 0.4) is 0 Å². The van der Waals surface area contributed by atoms with Crippen LogP contribution in [0.25, 0.3) is 0 Å². The van der Waals surface area contributed by atoms with Gasteiger partial charge in [-0.05, 0) is 55.8 Å². The highest BCUT2D eigenvalue weighted by Crippen LogP contribution is 2.25. The summed E-state index contributed by atoms with van der Waals surface area (Å²) in [5.41, 5.74) is 2.60. The number of Topliss-reactive ketones (excluding diaryl/α,β-unsaturated/α-hetero) is 1. The molecule has 33 heavy (non-hydrogen) atoms. The third-order valence-corrected chi connectivity index (χ3v) is 6.53. The van der Waals surface area contributed by atoms with Gasteiger partial charge < -0.3 is 14.5 Å². The van der Waals surface area contributed by atoms with Crippen LogP contribution < -0.4 is 9.46 Å². The molecule has 0 radical (unpaired) electrons. The molecule has 1 heterocycles. The molecule has 0 fully saturated rings. The van der Waals surface area contributed by atoms with Crippen LogP contribution in [0.15, 0.2) is 53.4 Å². The first-order valence-corrected chi connectivity index (χ1v) is 11.8. The van der Waals surface area contributed by atoms with Crippen molar-refractivity contribution in [2.45, 2.75) is 25.3 Å². The maximum absolute atomic E-state index is 12.9. The molecular formula is C23H23ClN2O6S.